The number of esters is 4. The van der Waals surface area contributed by atoms with Gasteiger partial charge in [0.15, 0.2) is 11.7 Å². The monoisotopic (exact) mass is 542 g/mol. The van der Waals surface area contributed by atoms with Crippen LogP contribution in [0.1, 0.15) is 60.3 Å². The number of alkyl halides is 1. The highest BCUT2D eigenvalue weighted by atomic mass is 35.5. The summed E-state index contributed by atoms with van der Waals surface area (Å²) < 4.78 is 29.2. The van der Waals surface area contributed by atoms with Gasteiger partial charge in [-0.05, 0) is 32.6 Å². The van der Waals surface area contributed by atoms with E-state index in [1.807, 2.05) is 0 Å². The lowest BCUT2D eigenvalue weighted by Gasteiger charge is -2.57. The van der Waals surface area contributed by atoms with Gasteiger partial charge in [0.25, 0.3) is 0 Å². The fraction of sp³-hybridized carbons (Fsp3) is 0.769. The van der Waals surface area contributed by atoms with Crippen molar-refractivity contribution < 1.29 is 48.0 Å². The van der Waals surface area contributed by atoms with Gasteiger partial charge in [0.05, 0.1) is 28.9 Å². The lowest BCUT2D eigenvalue weighted by Crippen LogP contribution is -2.70. The maximum absolute atomic E-state index is 12.9. The molecule has 2 aliphatic carbocycles. The molecule has 0 radical (unpaired) electrons. The molecule has 1 N–H and O–H groups in total. The first-order valence-corrected chi connectivity index (χ1v) is 13.0. The largest absolute Gasteiger partial charge is 0.462 e. The van der Waals surface area contributed by atoms with Crippen molar-refractivity contribution in [3.63, 3.8) is 0 Å². The Morgan fingerprint density at radius 2 is 1.59 bits per heavy atom. The molecule has 4 aliphatic rings. The zero-order valence-electron chi connectivity index (χ0n) is 21.8. The summed E-state index contributed by atoms with van der Waals surface area (Å²) in [6.45, 7) is 11.4. The number of fused-ring (bicyclic) bond motifs is 3. The summed E-state index contributed by atoms with van der Waals surface area (Å²) in [6.07, 6.45) is -2.94. The summed E-state index contributed by atoms with van der Waals surface area (Å²) in [7, 11) is 0. The van der Waals surface area contributed by atoms with Crippen molar-refractivity contribution in [1.82, 2.24) is 0 Å². The van der Waals surface area contributed by atoms with Crippen molar-refractivity contribution in [2.24, 2.45) is 17.3 Å². The van der Waals surface area contributed by atoms with Crippen LogP contribution in [0, 0.1) is 17.3 Å². The maximum atomic E-state index is 12.9. The number of rotatable bonds is 3. The third-order valence-corrected chi connectivity index (χ3v) is 9.30. The highest BCUT2D eigenvalue weighted by Gasteiger charge is 2.75. The first-order chi connectivity index (χ1) is 17.2. The van der Waals surface area contributed by atoms with Gasteiger partial charge in [-0.2, -0.15) is 0 Å². The fourth-order valence-corrected chi connectivity index (χ4v) is 7.22. The second-order valence-electron chi connectivity index (χ2n) is 11.0. The van der Waals surface area contributed by atoms with E-state index in [2.05, 4.69) is 6.58 Å². The van der Waals surface area contributed by atoms with Gasteiger partial charge >= 0.3 is 23.9 Å². The Hall–Kier alpha value is -2.17. The molecular weight excluding hydrogens is 508 g/mol. The van der Waals surface area contributed by atoms with Crippen LogP contribution in [-0.4, -0.2) is 76.6 Å². The van der Waals surface area contributed by atoms with Crippen LogP contribution in [0.25, 0.3) is 0 Å². The van der Waals surface area contributed by atoms with Crippen molar-refractivity contribution >= 4 is 35.5 Å². The summed E-state index contributed by atoms with van der Waals surface area (Å²) in [6, 6.07) is 0. The van der Waals surface area contributed by atoms with E-state index in [1.54, 1.807) is 6.92 Å². The molecule has 37 heavy (non-hydrogen) atoms. The molecule has 0 bridgehead atoms. The molecule has 10 atom stereocenters. The van der Waals surface area contributed by atoms with E-state index < -0.39 is 82.1 Å². The Labute approximate surface area is 220 Å². The van der Waals surface area contributed by atoms with E-state index in [4.69, 9.17) is 35.3 Å². The molecule has 0 aromatic heterocycles. The van der Waals surface area contributed by atoms with Crippen molar-refractivity contribution in [2.75, 3.05) is 6.61 Å². The summed E-state index contributed by atoms with van der Waals surface area (Å²) >= 11 is 6.75. The van der Waals surface area contributed by atoms with Gasteiger partial charge in [-0.15, -0.1) is 11.6 Å². The summed E-state index contributed by atoms with van der Waals surface area (Å²) in [5, 5.41) is 11.4. The number of hydrogen-bond donors (Lipinski definition) is 1. The van der Waals surface area contributed by atoms with E-state index in [-0.39, 0.29) is 19.4 Å². The van der Waals surface area contributed by atoms with Crippen molar-refractivity contribution in [1.29, 1.82) is 0 Å². The molecular formula is C26H35ClO10. The predicted molar refractivity (Wildman–Crippen MR) is 128 cm³/mol. The molecule has 206 valence electrons. The number of carbonyl (C=O) groups excluding carboxylic acids is 4. The Kier molecular flexibility index (Phi) is 7.18. The highest BCUT2D eigenvalue weighted by molar-refractivity contribution is 6.23. The van der Waals surface area contributed by atoms with E-state index >= 15 is 0 Å². The zero-order valence-corrected chi connectivity index (χ0v) is 22.5. The minimum absolute atomic E-state index is 0.254. The van der Waals surface area contributed by atoms with Gasteiger partial charge in [-0.1, -0.05) is 19.1 Å². The molecule has 4 rings (SSSR count). The molecule has 1 unspecified atom stereocenters. The smallest absolute Gasteiger partial charge is 0.312 e. The summed E-state index contributed by atoms with van der Waals surface area (Å²) in [4.78, 5) is 50.0. The number of halogens is 1. The molecule has 2 saturated carbocycles. The Morgan fingerprint density at radius 3 is 2.11 bits per heavy atom. The minimum atomic E-state index is -2.08. The Bertz CT molecular complexity index is 1010. The molecule has 2 saturated heterocycles. The highest BCUT2D eigenvalue weighted by Crippen LogP contribution is 2.62. The van der Waals surface area contributed by atoms with Crippen LogP contribution in [0.3, 0.4) is 0 Å². The molecule has 1 spiro atoms. The average Bonchev–Trinajstić information content (AvgIpc) is 3.53. The van der Waals surface area contributed by atoms with E-state index in [1.165, 1.54) is 27.7 Å². The van der Waals surface area contributed by atoms with E-state index in [0.29, 0.717) is 18.4 Å². The SMILES string of the molecule is C=C1CC[C@H](OC(C)=O)[C@@]2(C)[C@@H](OC(C)=O)CC[C@]3(CO3)[C@@H]2C(OC(C)=O)[C@@]2(O)[C@H](OC(=O)[C@@H]2C)[C@H]1Cl. The lowest BCUT2D eigenvalue weighted by atomic mass is 9.52. The van der Waals surface area contributed by atoms with Gasteiger partial charge in [-0.3, -0.25) is 19.2 Å². The van der Waals surface area contributed by atoms with Gasteiger partial charge < -0.3 is 28.8 Å². The van der Waals surface area contributed by atoms with E-state index in [9.17, 15) is 24.3 Å². The maximum Gasteiger partial charge on any atom is 0.312 e. The molecule has 2 aliphatic heterocycles. The quantitative estimate of drug-likeness (QED) is 0.186. The lowest BCUT2D eigenvalue weighted by molar-refractivity contribution is -0.244. The van der Waals surface area contributed by atoms with Crippen LogP contribution in [-0.2, 0) is 42.9 Å². The predicted octanol–water partition coefficient (Wildman–Crippen LogP) is 2.22. The third-order valence-electron chi connectivity index (χ3n) is 8.77. The van der Waals surface area contributed by atoms with Crippen LogP contribution < -0.4 is 0 Å². The van der Waals surface area contributed by atoms with Gasteiger partial charge in [0.2, 0.25) is 0 Å². The minimum Gasteiger partial charge on any atom is -0.462 e. The van der Waals surface area contributed by atoms with Gasteiger partial charge in [-0.25, -0.2) is 0 Å². The Balaban J connectivity index is 2.00. The molecule has 11 heteroatoms. The second kappa shape index (κ2) is 9.54. The van der Waals surface area contributed by atoms with Crippen LogP contribution in [0.4, 0.5) is 0 Å². The van der Waals surface area contributed by atoms with Crippen LogP contribution in [0.2, 0.25) is 0 Å². The molecule has 0 amide bonds. The topological polar surface area (TPSA) is 138 Å². The van der Waals surface area contributed by atoms with Crippen LogP contribution in [0.15, 0.2) is 12.2 Å². The van der Waals surface area contributed by atoms with Crippen molar-refractivity contribution in [2.45, 2.75) is 101 Å². The van der Waals surface area contributed by atoms with Crippen LogP contribution >= 0.6 is 11.6 Å². The number of epoxide rings is 1. The van der Waals surface area contributed by atoms with Crippen LogP contribution in [0.5, 0.6) is 0 Å². The van der Waals surface area contributed by atoms with Crippen molar-refractivity contribution in [3.05, 3.63) is 12.2 Å². The molecule has 10 nitrogen and oxygen atoms in total. The van der Waals surface area contributed by atoms with Gasteiger partial charge in [0, 0.05) is 26.7 Å². The first-order valence-electron chi connectivity index (χ1n) is 12.6. The molecule has 0 aromatic rings. The molecule has 0 aromatic carbocycles. The number of ether oxygens (including phenoxy) is 5. The number of carbonyl (C=O) groups is 4. The molecule has 2 heterocycles. The second-order valence-corrected chi connectivity index (χ2v) is 11.5. The van der Waals surface area contributed by atoms with E-state index in [0.717, 1.165) is 0 Å². The molecule has 4 fully saturated rings. The first kappa shape index (κ1) is 27.9. The summed E-state index contributed by atoms with van der Waals surface area (Å²) in [5.41, 5.74) is -3.71. The normalized spacial score (nSPS) is 45.2. The summed E-state index contributed by atoms with van der Waals surface area (Å²) in [5.74, 6) is -4.47. The fourth-order valence-electron chi connectivity index (χ4n) is 6.85. The zero-order chi connectivity index (χ0) is 27.5. The Morgan fingerprint density at radius 1 is 1.05 bits per heavy atom. The number of aliphatic hydroxyl groups is 1. The van der Waals surface area contributed by atoms with Gasteiger partial charge in [0.1, 0.15) is 18.3 Å². The standard InChI is InChI=1S/C26H35ClO10/c1-12-7-8-17(34-14(3)28)24(6)18(35-15(4)29)9-10-25(11-33-25)20(24)22(36-16(5)30)26(32)13(2)23(31)37-21(26)19(12)27/h13,17-22,32H,1,7-11H2,2-6H3/t13-,17-,18-,19-,20+,21+,22?,24-,25-,26-/m0/s1. The van der Waals surface area contributed by atoms with Crippen molar-refractivity contribution in [3.8, 4) is 0 Å². The number of hydrogen-bond acceptors (Lipinski definition) is 10. The average molecular weight is 543 g/mol. The third kappa shape index (κ3) is 4.44.